The summed E-state index contributed by atoms with van der Waals surface area (Å²) in [5, 5.41) is 7.38. The molecular formula is C16H20F3N3O2. The summed E-state index contributed by atoms with van der Waals surface area (Å²) in [5.41, 5.74) is 0.982. The molecule has 0 saturated carbocycles. The van der Waals surface area contributed by atoms with Gasteiger partial charge in [-0.25, -0.2) is 4.68 Å². The van der Waals surface area contributed by atoms with Crippen molar-refractivity contribution >= 4 is 0 Å². The standard InChI is InChI=1S/C16H20F3N3O2/c1-11-12(15(23-3)22(2)21-11)10-20-8-9-24-14-7-5-4-6-13(14)16(17,18)19/h4-7,20H,8-10H2,1-3H3. The number of para-hydroxylation sites is 1. The average Bonchev–Trinajstić information content (AvgIpc) is 2.79. The van der Waals surface area contributed by atoms with Crippen molar-refractivity contribution in [2.24, 2.45) is 7.05 Å². The fourth-order valence-corrected chi connectivity index (χ4v) is 2.41. The Labute approximate surface area is 138 Å². The lowest BCUT2D eigenvalue weighted by atomic mass is 10.2. The third-order valence-corrected chi connectivity index (χ3v) is 3.51. The van der Waals surface area contributed by atoms with Gasteiger partial charge in [0.05, 0.1) is 23.9 Å². The number of nitrogens with zero attached hydrogens (tertiary/aromatic N) is 2. The summed E-state index contributed by atoms with van der Waals surface area (Å²) in [5.74, 6) is 0.491. The molecule has 24 heavy (non-hydrogen) atoms. The zero-order chi connectivity index (χ0) is 17.7. The Hall–Kier alpha value is -2.22. The molecule has 132 valence electrons. The predicted octanol–water partition coefficient (Wildman–Crippen LogP) is 2.92. The van der Waals surface area contributed by atoms with Gasteiger partial charge in [0.1, 0.15) is 12.4 Å². The van der Waals surface area contributed by atoms with Gasteiger partial charge in [-0.1, -0.05) is 12.1 Å². The van der Waals surface area contributed by atoms with E-state index in [1.165, 1.54) is 18.2 Å². The molecule has 1 N–H and O–H groups in total. The highest BCUT2D eigenvalue weighted by Crippen LogP contribution is 2.35. The van der Waals surface area contributed by atoms with E-state index in [1.54, 1.807) is 18.8 Å². The van der Waals surface area contributed by atoms with Crippen molar-refractivity contribution in [3.63, 3.8) is 0 Å². The fraction of sp³-hybridized carbons (Fsp3) is 0.438. The van der Waals surface area contributed by atoms with Gasteiger partial charge in [-0.2, -0.15) is 18.3 Å². The molecule has 0 saturated heterocycles. The number of alkyl halides is 3. The molecule has 0 fully saturated rings. The number of nitrogens with one attached hydrogen (secondary N) is 1. The van der Waals surface area contributed by atoms with E-state index in [2.05, 4.69) is 10.4 Å². The monoisotopic (exact) mass is 343 g/mol. The Bertz CT molecular complexity index is 684. The van der Waals surface area contributed by atoms with Crippen molar-refractivity contribution in [2.45, 2.75) is 19.6 Å². The van der Waals surface area contributed by atoms with E-state index in [4.69, 9.17) is 9.47 Å². The predicted molar refractivity (Wildman–Crippen MR) is 83.1 cm³/mol. The van der Waals surface area contributed by atoms with Crippen LogP contribution in [-0.4, -0.2) is 30.0 Å². The maximum absolute atomic E-state index is 12.9. The number of hydrogen-bond acceptors (Lipinski definition) is 4. The lowest BCUT2D eigenvalue weighted by molar-refractivity contribution is -0.138. The van der Waals surface area contributed by atoms with Crippen LogP contribution in [0.1, 0.15) is 16.8 Å². The Balaban J connectivity index is 1.87. The molecule has 1 aromatic heterocycles. The van der Waals surface area contributed by atoms with E-state index < -0.39 is 11.7 Å². The number of aromatic nitrogens is 2. The topological polar surface area (TPSA) is 48.3 Å². The van der Waals surface area contributed by atoms with Gasteiger partial charge in [0.25, 0.3) is 0 Å². The van der Waals surface area contributed by atoms with Crippen LogP contribution in [0.5, 0.6) is 11.6 Å². The molecule has 5 nitrogen and oxygen atoms in total. The highest BCUT2D eigenvalue weighted by molar-refractivity contribution is 5.35. The first kappa shape index (κ1) is 18.1. The van der Waals surface area contributed by atoms with Gasteiger partial charge in [0, 0.05) is 20.1 Å². The fourth-order valence-electron chi connectivity index (χ4n) is 2.41. The Morgan fingerprint density at radius 3 is 2.62 bits per heavy atom. The normalized spacial score (nSPS) is 11.6. The molecule has 8 heteroatoms. The van der Waals surface area contributed by atoms with Crippen LogP contribution in [0, 0.1) is 6.92 Å². The van der Waals surface area contributed by atoms with E-state index in [-0.39, 0.29) is 12.4 Å². The molecule has 0 aliphatic heterocycles. The average molecular weight is 343 g/mol. The Morgan fingerprint density at radius 2 is 1.96 bits per heavy atom. The quantitative estimate of drug-likeness (QED) is 0.786. The largest absolute Gasteiger partial charge is 0.492 e. The van der Waals surface area contributed by atoms with Gasteiger partial charge in [-0.15, -0.1) is 0 Å². The first-order valence-electron chi connectivity index (χ1n) is 7.40. The number of methoxy groups -OCH3 is 1. The van der Waals surface area contributed by atoms with Crippen molar-refractivity contribution in [2.75, 3.05) is 20.3 Å². The second kappa shape index (κ2) is 7.57. The number of ether oxygens (including phenoxy) is 2. The molecular weight excluding hydrogens is 323 g/mol. The first-order valence-corrected chi connectivity index (χ1v) is 7.40. The van der Waals surface area contributed by atoms with Gasteiger partial charge in [0.15, 0.2) is 0 Å². The highest BCUT2D eigenvalue weighted by Gasteiger charge is 2.33. The summed E-state index contributed by atoms with van der Waals surface area (Å²) in [6.45, 7) is 2.88. The highest BCUT2D eigenvalue weighted by atomic mass is 19.4. The molecule has 1 aromatic carbocycles. The molecule has 0 atom stereocenters. The number of halogens is 3. The number of benzene rings is 1. The zero-order valence-electron chi connectivity index (χ0n) is 13.8. The number of aryl methyl sites for hydroxylation is 2. The summed E-state index contributed by atoms with van der Waals surface area (Å²) >= 11 is 0. The van der Waals surface area contributed by atoms with Crippen LogP contribution in [0.3, 0.4) is 0 Å². The van der Waals surface area contributed by atoms with E-state index in [1.807, 2.05) is 6.92 Å². The summed E-state index contributed by atoms with van der Waals surface area (Å²) < 4.78 is 50.8. The minimum absolute atomic E-state index is 0.120. The van der Waals surface area contributed by atoms with Crippen LogP contribution in [0.25, 0.3) is 0 Å². The zero-order valence-corrected chi connectivity index (χ0v) is 13.8. The van der Waals surface area contributed by atoms with Crippen molar-refractivity contribution in [3.05, 3.63) is 41.1 Å². The van der Waals surface area contributed by atoms with Gasteiger partial charge in [-0.3, -0.25) is 0 Å². The van der Waals surface area contributed by atoms with Crippen LogP contribution < -0.4 is 14.8 Å². The lowest BCUT2D eigenvalue weighted by Crippen LogP contribution is -2.22. The van der Waals surface area contributed by atoms with Crippen LogP contribution in [-0.2, 0) is 19.8 Å². The summed E-state index contributed by atoms with van der Waals surface area (Å²) in [4.78, 5) is 0. The molecule has 0 bridgehead atoms. The van der Waals surface area contributed by atoms with Crippen molar-refractivity contribution in [3.8, 4) is 11.6 Å². The molecule has 2 aromatic rings. The molecule has 0 unspecified atom stereocenters. The van der Waals surface area contributed by atoms with Gasteiger partial charge >= 0.3 is 6.18 Å². The molecule has 0 amide bonds. The van der Waals surface area contributed by atoms with Crippen LogP contribution in [0.4, 0.5) is 13.2 Å². The maximum atomic E-state index is 12.9. The smallest absolute Gasteiger partial charge is 0.419 e. The third kappa shape index (κ3) is 4.19. The van der Waals surface area contributed by atoms with Gasteiger partial charge in [0.2, 0.25) is 5.88 Å². The molecule has 1 heterocycles. The van der Waals surface area contributed by atoms with E-state index in [9.17, 15) is 13.2 Å². The molecule has 0 spiro atoms. The van der Waals surface area contributed by atoms with Crippen LogP contribution in [0.15, 0.2) is 24.3 Å². The summed E-state index contributed by atoms with van der Waals surface area (Å²) in [6, 6.07) is 5.18. The van der Waals surface area contributed by atoms with Crippen molar-refractivity contribution < 1.29 is 22.6 Å². The summed E-state index contributed by atoms with van der Waals surface area (Å²) in [6.07, 6.45) is -4.43. The van der Waals surface area contributed by atoms with Gasteiger partial charge in [-0.05, 0) is 19.1 Å². The third-order valence-electron chi connectivity index (χ3n) is 3.51. The van der Waals surface area contributed by atoms with E-state index >= 15 is 0 Å². The second-order valence-electron chi connectivity index (χ2n) is 5.22. The van der Waals surface area contributed by atoms with E-state index in [0.717, 1.165) is 17.3 Å². The first-order chi connectivity index (χ1) is 11.3. The van der Waals surface area contributed by atoms with E-state index in [0.29, 0.717) is 19.0 Å². The Kier molecular flexibility index (Phi) is 5.71. The second-order valence-corrected chi connectivity index (χ2v) is 5.22. The minimum Gasteiger partial charge on any atom is -0.492 e. The van der Waals surface area contributed by atoms with Gasteiger partial charge < -0.3 is 14.8 Å². The lowest BCUT2D eigenvalue weighted by Gasteiger charge is -2.14. The summed E-state index contributed by atoms with van der Waals surface area (Å²) in [7, 11) is 3.35. The number of hydrogen-bond donors (Lipinski definition) is 1. The van der Waals surface area contributed by atoms with Crippen LogP contribution >= 0.6 is 0 Å². The number of rotatable bonds is 7. The molecule has 2 rings (SSSR count). The van der Waals surface area contributed by atoms with Crippen molar-refractivity contribution in [1.29, 1.82) is 0 Å². The van der Waals surface area contributed by atoms with Crippen LogP contribution in [0.2, 0.25) is 0 Å². The maximum Gasteiger partial charge on any atom is 0.419 e. The minimum atomic E-state index is -4.43. The molecule has 0 radical (unpaired) electrons. The van der Waals surface area contributed by atoms with Crippen molar-refractivity contribution in [1.82, 2.24) is 15.1 Å². The Morgan fingerprint density at radius 1 is 1.25 bits per heavy atom. The SMILES string of the molecule is COc1c(CNCCOc2ccccc2C(F)(F)F)c(C)nn1C. The molecule has 0 aliphatic carbocycles. The molecule has 0 aliphatic rings.